The average Bonchev–Trinajstić information content (AvgIpc) is 2.39. The number of aliphatic hydroxyl groups excluding tert-OH is 1. The van der Waals surface area contributed by atoms with Crippen molar-refractivity contribution in [3.8, 4) is 0 Å². The first-order valence-electron chi connectivity index (χ1n) is 6.96. The molecule has 2 unspecified atom stereocenters. The van der Waals surface area contributed by atoms with Gasteiger partial charge in [-0.3, -0.25) is 9.69 Å². The molecule has 1 rings (SSSR count). The van der Waals surface area contributed by atoms with Gasteiger partial charge in [0.15, 0.2) is 6.10 Å². The van der Waals surface area contributed by atoms with E-state index in [0.29, 0.717) is 26.1 Å². The van der Waals surface area contributed by atoms with Crippen LogP contribution in [0.5, 0.6) is 0 Å². The number of alkyl halides is 3. The lowest BCUT2D eigenvalue weighted by Crippen LogP contribution is -2.49. The Hall–Kier alpha value is -0.820. The summed E-state index contributed by atoms with van der Waals surface area (Å²) in [7, 11) is 0. The van der Waals surface area contributed by atoms with Crippen LogP contribution in [-0.2, 0) is 9.53 Å². The molecule has 1 fully saturated rings. The zero-order valence-electron chi connectivity index (χ0n) is 11.8. The minimum Gasteiger partial charge on any atom is -0.465 e. The van der Waals surface area contributed by atoms with E-state index in [4.69, 9.17) is 4.74 Å². The molecule has 118 valence electrons. The first-order chi connectivity index (χ1) is 9.31. The van der Waals surface area contributed by atoms with E-state index in [1.165, 1.54) is 0 Å². The van der Waals surface area contributed by atoms with Gasteiger partial charge < -0.3 is 9.84 Å². The summed E-state index contributed by atoms with van der Waals surface area (Å²) < 4.78 is 42.3. The van der Waals surface area contributed by atoms with E-state index < -0.39 is 24.2 Å². The van der Waals surface area contributed by atoms with E-state index in [-0.39, 0.29) is 18.8 Å². The van der Waals surface area contributed by atoms with Crippen LogP contribution in [0.1, 0.15) is 33.1 Å². The maximum Gasteiger partial charge on any atom is 0.414 e. The van der Waals surface area contributed by atoms with Gasteiger partial charge in [0.1, 0.15) is 6.04 Å². The molecule has 0 saturated carbocycles. The Balaban J connectivity index is 2.54. The van der Waals surface area contributed by atoms with Gasteiger partial charge in [-0.2, -0.15) is 13.2 Å². The summed E-state index contributed by atoms with van der Waals surface area (Å²) in [5, 5.41) is 9.25. The van der Waals surface area contributed by atoms with Gasteiger partial charge >= 0.3 is 12.1 Å². The second-order valence-electron chi connectivity index (χ2n) is 5.04. The molecule has 1 aliphatic rings. The number of halogens is 3. The summed E-state index contributed by atoms with van der Waals surface area (Å²) in [6.45, 7) is 4.59. The summed E-state index contributed by atoms with van der Waals surface area (Å²) in [6, 6.07) is -0.404. The highest BCUT2D eigenvalue weighted by atomic mass is 19.4. The van der Waals surface area contributed by atoms with Crippen molar-refractivity contribution in [1.29, 1.82) is 0 Å². The van der Waals surface area contributed by atoms with Crippen molar-refractivity contribution in [3.63, 3.8) is 0 Å². The smallest absolute Gasteiger partial charge is 0.414 e. The number of carbonyl (C=O) groups excluding carboxylic acids is 1. The predicted octanol–water partition coefficient (Wildman–Crippen LogP) is 1.96. The van der Waals surface area contributed by atoms with Crippen molar-refractivity contribution < 1.29 is 27.8 Å². The van der Waals surface area contributed by atoms with Gasteiger partial charge in [0.05, 0.1) is 6.61 Å². The molecule has 1 saturated heterocycles. The fourth-order valence-electron chi connectivity index (χ4n) is 2.63. The monoisotopic (exact) mass is 297 g/mol. The van der Waals surface area contributed by atoms with E-state index in [9.17, 15) is 23.1 Å². The van der Waals surface area contributed by atoms with Crippen LogP contribution in [0.3, 0.4) is 0 Å². The van der Waals surface area contributed by atoms with E-state index in [0.717, 1.165) is 0 Å². The quantitative estimate of drug-likeness (QED) is 0.788. The van der Waals surface area contributed by atoms with Crippen LogP contribution in [-0.4, -0.2) is 54.0 Å². The number of likely N-dealkylation sites (tertiary alicyclic amines) is 1. The number of nitrogens with zero attached hydrogens (tertiary/aromatic N) is 1. The zero-order chi connectivity index (χ0) is 15.3. The third kappa shape index (κ3) is 4.34. The Kier molecular flexibility index (Phi) is 6.26. The largest absolute Gasteiger partial charge is 0.465 e. The van der Waals surface area contributed by atoms with Gasteiger partial charge in [0.25, 0.3) is 0 Å². The molecule has 0 radical (unpaired) electrons. The lowest BCUT2D eigenvalue weighted by atomic mass is 9.90. The number of piperidine rings is 1. The van der Waals surface area contributed by atoms with E-state index in [2.05, 4.69) is 0 Å². The van der Waals surface area contributed by atoms with Crippen molar-refractivity contribution in [3.05, 3.63) is 0 Å². The molecular weight excluding hydrogens is 275 g/mol. The summed E-state index contributed by atoms with van der Waals surface area (Å²) >= 11 is 0. The number of hydrogen-bond acceptors (Lipinski definition) is 4. The first kappa shape index (κ1) is 17.2. The number of aliphatic hydroxyl groups is 1. The second-order valence-corrected chi connectivity index (χ2v) is 5.04. The first-order valence-corrected chi connectivity index (χ1v) is 6.96. The highest BCUT2D eigenvalue weighted by Gasteiger charge is 2.44. The highest BCUT2D eigenvalue weighted by Crippen LogP contribution is 2.32. The Labute approximate surface area is 116 Å². The molecule has 1 heterocycles. The Bertz CT molecular complexity index is 314. The molecule has 0 aliphatic carbocycles. The fourth-order valence-corrected chi connectivity index (χ4v) is 2.63. The van der Waals surface area contributed by atoms with Gasteiger partial charge in [-0.15, -0.1) is 0 Å². The molecule has 0 spiro atoms. The molecule has 1 aliphatic heterocycles. The van der Waals surface area contributed by atoms with Crippen molar-refractivity contribution >= 4 is 5.97 Å². The topological polar surface area (TPSA) is 49.8 Å². The Morgan fingerprint density at radius 3 is 2.30 bits per heavy atom. The van der Waals surface area contributed by atoms with Crippen LogP contribution < -0.4 is 0 Å². The summed E-state index contributed by atoms with van der Waals surface area (Å²) in [5.74, 6) is -1.12. The second kappa shape index (κ2) is 7.26. The minimum absolute atomic E-state index is 0.233. The number of esters is 1. The fraction of sp³-hybridized carbons (Fsp3) is 0.923. The Morgan fingerprint density at radius 2 is 1.90 bits per heavy atom. The maximum absolute atomic E-state index is 12.4. The highest BCUT2D eigenvalue weighted by molar-refractivity contribution is 5.75. The third-order valence-corrected chi connectivity index (χ3v) is 3.74. The van der Waals surface area contributed by atoms with Crippen LogP contribution in [0.15, 0.2) is 0 Å². The third-order valence-electron chi connectivity index (χ3n) is 3.74. The summed E-state index contributed by atoms with van der Waals surface area (Å²) in [5.41, 5.74) is 0. The van der Waals surface area contributed by atoms with Gasteiger partial charge in [0, 0.05) is 0 Å². The lowest BCUT2D eigenvalue weighted by Gasteiger charge is -2.37. The van der Waals surface area contributed by atoms with E-state index in [1.807, 2.05) is 11.8 Å². The summed E-state index contributed by atoms with van der Waals surface area (Å²) in [6.07, 6.45) is -5.82. The normalized spacial score (nSPS) is 21.5. The molecule has 7 heteroatoms. The van der Waals surface area contributed by atoms with Crippen LogP contribution in [0.25, 0.3) is 0 Å². The van der Waals surface area contributed by atoms with Crippen molar-refractivity contribution in [2.45, 2.75) is 51.4 Å². The average molecular weight is 297 g/mol. The van der Waals surface area contributed by atoms with Crippen molar-refractivity contribution in [2.24, 2.45) is 5.92 Å². The van der Waals surface area contributed by atoms with Crippen LogP contribution in [0.4, 0.5) is 13.2 Å². The molecule has 0 amide bonds. The van der Waals surface area contributed by atoms with Gasteiger partial charge in [-0.05, 0) is 45.2 Å². The molecule has 20 heavy (non-hydrogen) atoms. The van der Waals surface area contributed by atoms with Gasteiger partial charge in [-0.1, -0.05) is 6.92 Å². The SMILES string of the molecule is CCOC(=O)C(CC)N1CCC(C(O)C(F)(F)F)CC1. The summed E-state index contributed by atoms with van der Waals surface area (Å²) in [4.78, 5) is 13.6. The standard InChI is InChI=1S/C13H22F3NO3/c1-3-10(12(19)20-4-2)17-7-5-9(6-8-17)11(18)13(14,15)16/h9-11,18H,3-8H2,1-2H3. The molecule has 1 N–H and O–H groups in total. The number of carbonyl (C=O) groups is 1. The molecular formula is C13H22F3NO3. The predicted molar refractivity (Wildman–Crippen MR) is 67.1 cm³/mol. The van der Waals surface area contributed by atoms with Gasteiger partial charge in [-0.25, -0.2) is 0 Å². The lowest BCUT2D eigenvalue weighted by molar-refractivity contribution is -0.223. The zero-order valence-corrected chi connectivity index (χ0v) is 11.8. The Morgan fingerprint density at radius 1 is 1.35 bits per heavy atom. The van der Waals surface area contributed by atoms with Crippen molar-refractivity contribution in [1.82, 2.24) is 4.90 Å². The van der Waals surface area contributed by atoms with Gasteiger partial charge in [0.2, 0.25) is 0 Å². The minimum atomic E-state index is -4.57. The molecule has 2 atom stereocenters. The number of rotatable bonds is 5. The van der Waals surface area contributed by atoms with Crippen LogP contribution >= 0.6 is 0 Å². The van der Waals surface area contributed by atoms with Crippen molar-refractivity contribution in [2.75, 3.05) is 19.7 Å². The number of hydrogen-bond donors (Lipinski definition) is 1. The molecule has 0 aromatic heterocycles. The van der Waals surface area contributed by atoms with Crippen LogP contribution in [0, 0.1) is 5.92 Å². The number of ether oxygens (including phenoxy) is 1. The molecule has 4 nitrogen and oxygen atoms in total. The van der Waals surface area contributed by atoms with E-state index in [1.54, 1.807) is 6.92 Å². The van der Waals surface area contributed by atoms with E-state index >= 15 is 0 Å². The molecule has 0 aromatic carbocycles. The maximum atomic E-state index is 12.4. The molecule has 0 aromatic rings. The van der Waals surface area contributed by atoms with Crippen LogP contribution in [0.2, 0.25) is 0 Å². The molecule has 0 bridgehead atoms.